The van der Waals surface area contributed by atoms with Gasteiger partial charge < -0.3 is 9.72 Å². The monoisotopic (exact) mass is 392 g/mol. The molecule has 1 N–H and O–H groups in total. The van der Waals surface area contributed by atoms with E-state index in [9.17, 15) is 18.0 Å². The molecule has 2 aromatic heterocycles. The van der Waals surface area contributed by atoms with Gasteiger partial charge in [0, 0.05) is 5.56 Å². The number of carbonyl (C=O) groups excluding carboxylic acids is 2. The van der Waals surface area contributed by atoms with E-state index in [1.807, 2.05) is 0 Å². The minimum atomic E-state index is -3.96. The number of aromatic amines is 1. The zero-order valence-corrected chi connectivity index (χ0v) is 16.0. The maximum absolute atomic E-state index is 13.0. The Kier molecular flexibility index (Phi) is 4.68. The summed E-state index contributed by atoms with van der Waals surface area (Å²) in [7, 11) is -3.96. The van der Waals surface area contributed by atoms with E-state index in [4.69, 9.17) is 4.74 Å². The van der Waals surface area contributed by atoms with Crippen LogP contribution in [0.15, 0.2) is 27.4 Å². The van der Waals surface area contributed by atoms with Gasteiger partial charge in [-0.25, -0.2) is 18.2 Å². The van der Waals surface area contributed by atoms with Crippen LogP contribution in [-0.4, -0.2) is 37.2 Å². The number of esters is 1. The van der Waals surface area contributed by atoms with Crippen LogP contribution in [0.3, 0.4) is 0 Å². The number of nitrogens with one attached hydrogen (secondary N) is 1. The molecule has 0 bridgehead atoms. The first-order valence-electron chi connectivity index (χ1n) is 7.76. The number of benzene rings is 1. The lowest BCUT2D eigenvalue weighted by Crippen LogP contribution is -2.08. The highest BCUT2D eigenvalue weighted by atomic mass is 32.2. The average molecular weight is 392 g/mol. The van der Waals surface area contributed by atoms with Gasteiger partial charge in [0.2, 0.25) is 14.2 Å². The van der Waals surface area contributed by atoms with Crippen molar-refractivity contribution < 1.29 is 22.7 Å². The largest absolute Gasteiger partial charge is 0.461 e. The average Bonchev–Trinajstić information content (AvgIpc) is 3.13. The smallest absolute Gasteiger partial charge is 0.354 e. The van der Waals surface area contributed by atoms with Gasteiger partial charge in [-0.1, -0.05) is 11.6 Å². The van der Waals surface area contributed by atoms with Crippen molar-refractivity contribution >= 4 is 43.8 Å². The number of carbonyl (C=O) groups is 2. The molecule has 0 unspecified atom stereocenters. The molecule has 26 heavy (non-hydrogen) atoms. The molecule has 3 rings (SSSR count). The van der Waals surface area contributed by atoms with E-state index in [2.05, 4.69) is 9.97 Å². The molecular formula is C17H16N2O5S2. The first-order chi connectivity index (χ1) is 12.3. The second kappa shape index (κ2) is 6.65. The van der Waals surface area contributed by atoms with Crippen molar-refractivity contribution in [2.24, 2.45) is 0 Å². The Labute approximate surface area is 153 Å². The van der Waals surface area contributed by atoms with Crippen LogP contribution < -0.4 is 0 Å². The number of aromatic nitrogens is 2. The maximum atomic E-state index is 13.0. The normalized spacial score (nSPS) is 11.7. The van der Waals surface area contributed by atoms with Gasteiger partial charge in [-0.15, -0.1) is 11.3 Å². The van der Waals surface area contributed by atoms with Gasteiger partial charge in [0.05, 0.1) is 16.2 Å². The highest BCUT2D eigenvalue weighted by molar-refractivity contribution is 7.93. The summed E-state index contributed by atoms with van der Waals surface area (Å²) < 4.78 is 31.3. The molecular weight excluding hydrogens is 376 g/mol. The number of aryl methyl sites for hydroxylation is 2. The first kappa shape index (κ1) is 18.3. The molecule has 0 saturated heterocycles. The Morgan fingerprint density at radius 3 is 2.65 bits per heavy atom. The summed E-state index contributed by atoms with van der Waals surface area (Å²) in [5, 5.41) is 0. The van der Waals surface area contributed by atoms with E-state index in [-0.39, 0.29) is 32.7 Å². The first-order valence-corrected chi connectivity index (χ1v) is 10.1. The fraction of sp³-hybridized carbons (Fsp3) is 0.235. The van der Waals surface area contributed by atoms with Crippen LogP contribution in [0.5, 0.6) is 0 Å². The quantitative estimate of drug-likeness (QED) is 0.528. The number of rotatable bonds is 5. The number of ether oxygens (including phenoxy) is 1. The molecule has 0 saturated carbocycles. The standard InChI is InChI=1S/C17H16N2O5S2/c1-4-24-16(21)12-7-13-15(18-12)19-17(25-13)26(22,23)14-10(3)5-9(2)6-11(14)8-20/h5-8,18H,4H2,1-3H3. The third kappa shape index (κ3) is 3.04. The summed E-state index contributed by atoms with van der Waals surface area (Å²) in [6.45, 7) is 5.37. The zero-order valence-electron chi connectivity index (χ0n) is 14.3. The predicted octanol–water partition coefficient (Wildman–Crippen LogP) is 3.06. The number of fused-ring (bicyclic) bond motifs is 1. The molecule has 0 aliphatic rings. The SMILES string of the molecule is CCOC(=O)c1cc2sc(S(=O)(=O)c3c(C)cc(C)cc3C=O)nc2[nH]1. The predicted molar refractivity (Wildman–Crippen MR) is 96.7 cm³/mol. The molecule has 0 amide bonds. The van der Waals surface area contributed by atoms with E-state index >= 15 is 0 Å². The number of hydrogen-bond donors (Lipinski definition) is 1. The van der Waals surface area contributed by atoms with Crippen LogP contribution >= 0.6 is 11.3 Å². The highest BCUT2D eigenvalue weighted by Gasteiger charge is 2.28. The van der Waals surface area contributed by atoms with Crippen molar-refractivity contribution in [2.45, 2.75) is 30.0 Å². The molecule has 0 aliphatic heterocycles. The van der Waals surface area contributed by atoms with E-state index in [1.54, 1.807) is 26.8 Å². The third-order valence-electron chi connectivity index (χ3n) is 3.73. The minimum absolute atomic E-state index is 0.0416. The second-order valence-electron chi connectivity index (χ2n) is 5.72. The summed E-state index contributed by atoms with van der Waals surface area (Å²) in [6.07, 6.45) is 0.533. The Morgan fingerprint density at radius 1 is 1.31 bits per heavy atom. The van der Waals surface area contributed by atoms with Crippen molar-refractivity contribution in [2.75, 3.05) is 6.61 Å². The van der Waals surface area contributed by atoms with E-state index in [0.29, 0.717) is 16.5 Å². The molecule has 136 valence electrons. The number of sulfone groups is 1. The number of aldehydes is 1. The molecule has 3 aromatic rings. The fourth-order valence-electron chi connectivity index (χ4n) is 2.76. The summed E-state index contributed by atoms with van der Waals surface area (Å²) in [5.41, 5.74) is 1.89. The molecule has 2 heterocycles. The molecule has 0 aliphatic carbocycles. The van der Waals surface area contributed by atoms with Crippen molar-refractivity contribution in [3.8, 4) is 0 Å². The van der Waals surface area contributed by atoms with Gasteiger partial charge in [-0.05, 0) is 38.5 Å². The second-order valence-corrected chi connectivity index (χ2v) is 8.81. The molecule has 7 nitrogen and oxygen atoms in total. The highest BCUT2D eigenvalue weighted by Crippen LogP contribution is 2.33. The van der Waals surface area contributed by atoms with Gasteiger partial charge in [-0.3, -0.25) is 4.79 Å². The van der Waals surface area contributed by atoms with Gasteiger partial charge in [0.25, 0.3) is 0 Å². The van der Waals surface area contributed by atoms with Gasteiger partial charge in [0.15, 0.2) is 11.9 Å². The fourth-order valence-corrected chi connectivity index (χ4v) is 5.70. The zero-order chi connectivity index (χ0) is 19.1. The molecule has 0 radical (unpaired) electrons. The Bertz CT molecular complexity index is 1090. The van der Waals surface area contributed by atoms with E-state index in [1.165, 1.54) is 12.1 Å². The lowest BCUT2D eigenvalue weighted by molar-refractivity contribution is 0.0520. The van der Waals surface area contributed by atoms with Crippen molar-refractivity contribution in [1.29, 1.82) is 0 Å². The van der Waals surface area contributed by atoms with Crippen LogP contribution in [0, 0.1) is 13.8 Å². The number of thiazole rings is 1. The van der Waals surface area contributed by atoms with Gasteiger partial charge in [0.1, 0.15) is 5.69 Å². The Morgan fingerprint density at radius 2 is 2.04 bits per heavy atom. The molecule has 0 atom stereocenters. The number of hydrogen-bond acceptors (Lipinski definition) is 7. The summed E-state index contributed by atoms with van der Waals surface area (Å²) in [4.78, 5) is 30.0. The van der Waals surface area contributed by atoms with E-state index in [0.717, 1.165) is 16.9 Å². The summed E-state index contributed by atoms with van der Waals surface area (Å²) in [6, 6.07) is 4.75. The molecule has 0 fully saturated rings. The number of nitrogens with zero attached hydrogens (tertiary/aromatic N) is 1. The van der Waals surface area contributed by atoms with E-state index < -0.39 is 15.8 Å². The minimum Gasteiger partial charge on any atom is -0.461 e. The van der Waals surface area contributed by atoms with Crippen molar-refractivity contribution in [3.05, 3.63) is 40.6 Å². The lowest BCUT2D eigenvalue weighted by Gasteiger charge is -2.09. The summed E-state index contributed by atoms with van der Waals surface area (Å²) >= 11 is 0.933. The summed E-state index contributed by atoms with van der Waals surface area (Å²) in [5.74, 6) is -0.528. The number of H-pyrrole nitrogens is 1. The van der Waals surface area contributed by atoms with Crippen molar-refractivity contribution in [1.82, 2.24) is 9.97 Å². The molecule has 1 aromatic carbocycles. The topological polar surface area (TPSA) is 106 Å². The van der Waals surface area contributed by atoms with Gasteiger partial charge >= 0.3 is 5.97 Å². The Hall–Kier alpha value is -2.52. The van der Waals surface area contributed by atoms with Crippen LogP contribution in [0.2, 0.25) is 0 Å². The lowest BCUT2D eigenvalue weighted by atomic mass is 10.1. The Balaban J connectivity index is 2.10. The third-order valence-corrected chi connectivity index (χ3v) is 7.08. The maximum Gasteiger partial charge on any atom is 0.354 e. The van der Waals surface area contributed by atoms with Crippen LogP contribution in [0.25, 0.3) is 10.3 Å². The van der Waals surface area contributed by atoms with Crippen LogP contribution in [0.1, 0.15) is 38.9 Å². The molecule has 0 spiro atoms. The van der Waals surface area contributed by atoms with Crippen LogP contribution in [-0.2, 0) is 14.6 Å². The van der Waals surface area contributed by atoms with Crippen LogP contribution in [0.4, 0.5) is 0 Å². The van der Waals surface area contributed by atoms with Crippen molar-refractivity contribution in [3.63, 3.8) is 0 Å². The van der Waals surface area contributed by atoms with Gasteiger partial charge in [-0.2, -0.15) is 0 Å². The molecule has 9 heteroatoms.